The molecule has 0 aliphatic carbocycles. The maximum atomic E-state index is 12.6. The molecule has 0 amide bonds. The minimum atomic E-state index is -4.43. The fourth-order valence-electron chi connectivity index (χ4n) is 2.84. The van der Waals surface area contributed by atoms with Crippen molar-refractivity contribution in [3.63, 3.8) is 0 Å². The minimum absolute atomic E-state index is 0.0789. The molecule has 27 heavy (non-hydrogen) atoms. The van der Waals surface area contributed by atoms with Crippen LogP contribution in [-0.2, 0) is 6.18 Å². The van der Waals surface area contributed by atoms with Crippen molar-refractivity contribution in [2.24, 2.45) is 5.92 Å². The van der Waals surface area contributed by atoms with Crippen molar-refractivity contribution in [1.82, 2.24) is 4.98 Å². The van der Waals surface area contributed by atoms with Gasteiger partial charge in [-0.05, 0) is 35.2 Å². The number of benzene rings is 2. The second-order valence-electron chi connectivity index (χ2n) is 6.65. The fourth-order valence-corrected chi connectivity index (χ4v) is 2.84. The Morgan fingerprint density at radius 3 is 1.96 bits per heavy atom. The van der Waals surface area contributed by atoms with E-state index in [1.165, 1.54) is 12.3 Å². The highest BCUT2D eigenvalue weighted by atomic mass is 19.4. The molecule has 1 atom stereocenters. The molecule has 0 spiro atoms. The number of hydrogen-bond donors (Lipinski definition) is 0. The molecule has 0 radical (unpaired) electrons. The van der Waals surface area contributed by atoms with Crippen LogP contribution in [0.25, 0.3) is 11.1 Å². The Morgan fingerprint density at radius 2 is 1.44 bits per heavy atom. The highest BCUT2D eigenvalue weighted by Crippen LogP contribution is 2.31. The van der Waals surface area contributed by atoms with E-state index in [9.17, 15) is 13.2 Å². The third-order valence-corrected chi connectivity index (χ3v) is 4.24. The van der Waals surface area contributed by atoms with Crippen LogP contribution in [-0.4, -0.2) is 4.98 Å². The summed E-state index contributed by atoms with van der Waals surface area (Å²) >= 11 is 0. The summed E-state index contributed by atoms with van der Waals surface area (Å²) in [4.78, 5) is 3.50. The van der Waals surface area contributed by atoms with E-state index in [1.807, 2.05) is 54.6 Å². The van der Waals surface area contributed by atoms with Crippen LogP contribution in [0.4, 0.5) is 13.2 Å². The maximum Gasteiger partial charge on any atom is 0.433 e. The highest BCUT2D eigenvalue weighted by molar-refractivity contribution is 5.63. The zero-order chi connectivity index (χ0) is 19.4. The number of alkyl halides is 3. The van der Waals surface area contributed by atoms with Gasteiger partial charge in [-0.15, -0.1) is 0 Å². The van der Waals surface area contributed by atoms with Crippen LogP contribution >= 0.6 is 0 Å². The lowest BCUT2D eigenvalue weighted by atomic mass is 9.99. The second kappa shape index (κ2) is 7.82. The zero-order valence-electron chi connectivity index (χ0n) is 15.1. The number of rotatable bonds is 5. The number of halogens is 3. The van der Waals surface area contributed by atoms with Crippen molar-refractivity contribution in [1.29, 1.82) is 0 Å². The molecule has 0 N–H and O–H groups in total. The first-order chi connectivity index (χ1) is 12.8. The lowest BCUT2D eigenvalue weighted by Crippen LogP contribution is -2.14. The number of aromatic nitrogens is 1. The summed E-state index contributed by atoms with van der Waals surface area (Å²) in [6.45, 7) is 4.19. The van der Waals surface area contributed by atoms with Gasteiger partial charge in [-0.2, -0.15) is 13.2 Å². The third kappa shape index (κ3) is 4.67. The molecule has 1 heterocycles. The molecule has 1 aromatic heterocycles. The van der Waals surface area contributed by atoms with Crippen LogP contribution in [0.1, 0.15) is 31.2 Å². The van der Waals surface area contributed by atoms with Gasteiger partial charge in [-0.1, -0.05) is 62.4 Å². The fraction of sp³-hybridized carbons (Fsp3) is 0.227. The van der Waals surface area contributed by atoms with E-state index in [0.717, 1.165) is 17.2 Å². The predicted octanol–water partition coefficient (Wildman–Crippen LogP) is 6.54. The van der Waals surface area contributed by atoms with E-state index in [0.29, 0.717) is 11.3 Å². The van der Waals surface area contributed by atoms with Gasteiger partial charge in [-0.3, -0.25) is 4.98 Å². The molecule has 140 valence electrons. The Kier molecular flexibility index (Phi) is 5.49. The monoisotopic (exact) mass is 371 g/mol. The van der Waals surface area contributed by atoms with Crippen LogP contribution < -0.4 is 4.74 Å². The Bertz CT molecular complexity index is 857. The summed E-state index contributed by atoms with van der Waals surface area (Å²) in [6.07, 6.45) is -3.27. The van der Waals surface area contributed by atoms with Gasteiger partial charge in [0.05, 0.1) is 0 Å². The largest absolute Gasteiger partial charge is 0.485 e. The van der Waals surface area contributed by atoms with Crippen LogP contribution in [0, 0.1) is 5.92 Å². The molecule has 0 aliphatic rings. The molecule has 3 aromatic rings. The molecule has 0 aliphatic heterocycles. The van der Waals surface area contributed by atoms with Crippen molar-refractivity contribution in [2.75, 3.05) is 0 Å². The van der Waals surface area contributed by atoms with Gasteiger partial charge >= 0.3 is 6.18 Å². The van der Waals surface area contributed by atoms with Crippen molar-refractivity contribution in [3.05, 3.63) is 84.2 Å². The van der Waals surface area contributed by atoms with E-state index in [1.54, 1.807) is 0 Å². The highest BCUT2D eigenvalue weighted by Gasteiger charge is 2.32. The summed E-state index contributed by atoms with van der Waals surface area (Å²) < 4.78 is 44.0. The third-order valence-electron chi connectivity index (χ3n) is 4.24. The number of ether oxygens (including phenoxy) is 1. The summed E-state index contributed by atoms with van der Waals surface area (Å²) in [5.74, 6) is 0.993. The Balaban J connectivity index is 1.77. The van der Waals surface area contributed by atoms with Gasteiger partial charge < -0.3 is 4.74 Å². The molecule has 0 fully saturated rings. The SMILES string of the molecule is CC(C)C(Oc1ccc(-c2ccc(C(F)(F)F)nc2)cc1)c1ccccc1. The Morgan fingerprint density at radius 1 is 0.815 bits per heavy atom. The lowest BCUT2D eigenvalue weighted by molar-refractivity contribution is -0.141. The summed E-state index contributed by atoms with van der Waals surface area (Å²) in [7, 11) is 0. The van der Waals surface area contributed by atoms with Crippen molar-refractivity contribution >= 4 is 0 Å². The van der Waals surface area contributed by atoms with Crippen molar-refractivity contribution in [2.45, 2.75) is 26.1 Å². The van der Waals surface area contributed by atoms with Crippen LogP contribution in [0.5, 0.6) is 5.75 Å². The van der Waals surface area contributed by atoms with Crippen LogP contribution in [0.15, 0.2) is 72.9 Å². The first kappa shape index (κ1) is 19.0. The van der Waals surface area contributed by atoms with Gasteiger partial charge in [0, 0.05) is 11.8 Å². The number of nitrogens with zero attached hydrogens (tertiary/aromatic N) is 1. The first-order valence-electron chi connectivity index (χ1n) is 8.70. The summed E-state index contributed by atoms with van der Waals surface area (Å²) in [5.41, 5.74) is 1.61. The van der Waals surface area contributed by atoms with E-state index in [-0.39, 0.29) is 12.0 Å². The minimum Gasteiger partial charge on any atom is -0.485 e. The summed E-state index contributed by atoms with van der Waals surface area (Å²) in [6, 6.07) is 19.7. The number of pyridine rings is 1. The van der Waals surface area contributed by atoms with Crippen molar-refractivity contribution in [3.8, 4) is 16.9 Å². The molecule has 3 rings (SSSR count). The Hall–Kier alpha value is -2.82. The number of hydrogen-bond acceptors (Lipinski definition) is 2. The lowest BCUT2D eigenvalue weighted by Gasteiger charge is -2.23. The van der Waals surface area contributed by atoms with Gasteiger partial charge in [0.15, 0.2) is 0 Å². The molecule has 2 nitrogen and oxygen atoms in total. The standard InChI is InChI=1S/C22H20F3NO/c1-15(2)21(17-6-4-3-5-7-17)27-19-11-8-16(9-12-19)18-10-13-20(26-14-18)22(23,24)25/h3-15,21H,1-2H3. The predicted molar refractivity (Wildman–Crippen MR) is 99.3 cm³/mol. The molecule has 0 saturated carbocycles. The molecule has 5 heteroatoms. The first-order valence-corrected chi connectivity index (χ1v) is 8.70. The van der Waals surface area contributed by atoms with Gasteiger partial charge in [0.2, 0.25) is 0 Å². The molecular formula is C22H20F3NO. The smallest absolute Gasteiger partial charge is 0.433 e. The molecule has 0 saturated heterocycles. The second-order valence-corrected chi connectivity index (χ2v) is 6.65. The topological polar surface area (TPSA) is 22.1 Å². The van der Waals surface area contributed by atoms with E-state index in [2.05, 4.69) is 18.8 Å². The van der Waals surface area contributed by atoms with Gasteiger partial charge in [-0.25, -0.2) is 0 Å². The molecule has 1 unspecified atom stereocenters. The van der Waals surface area contributed by atoms with Crippen LogP contribution in [0.2, 0.25) is 0 Å². The average Bonchev–Trinajstić information content (AvgIpc) is 2.66. The molecule has 0 bridgehead atoms. The normalized spacial score (nSPS) is 12.8. The quantitative estimate of drug-likeness (QED) is 0.508. The van der Waals surface area contributed by atoms with Crippen molar-refractivity contribution < 1.29 is 17.9 Å². The van der Waals surface area contributed by atoms with E-state index < -0.39 is 11.9 Å². The van der Waals surface area contributed by atoms with Crippen LogP contribution in [0.3, 0.4) is 0 Å². The van der Waals surface area contributed by atoms with E-state index in [4.69, 9.17) is 4.74 Å². The average molecular weight is 371 g/mol. The van der Waals surface area contributed by atoms with Gasteiger partial charge in [0.1, 0.15) is 17.5 Å². The zero-order valence-corrected chi connectivity index (χ0v) is 15.1. The van der Waals surface area contributed by atoms with Gasteiger partial charge in [0.25, 0.3) is 0 Å². The summed E-state index contributed by atoms with van der Waals surface area (Å²) in [5, 5.41) is 0. The van der Waals surface area contributed by atoms with E-state index >= 15 is 0 Å². The molecule has 2 aromatic carbocycles. The molecular weight excluding hydrogens is 351 g/mol. The Labute approximate surface area is 156 Å². The maximum absolute atomic E-state index is 12.6.